The van der Waals surface area contributed by atoms with Crippen molar-refractivity contribution in [3.8, 4) is 11.5 Å². The van der Waals surface area contributed by atoms with Crippen LogP contribution in [0.1, 0.15) is 26.3 Å². The van der Waals surface area contributed by atoms with Crippen LogP contribution in [0.2, 0.25) is 0 Å². The first-order valence-electron chi connectivity index (χ1n) is 8.41. The number of hydrogen-bond donors (Lipinski definition) is 2. The summed E-state index contributed by atoms with van der Waals surface area (Å²) < 4.78 is 32.6. The van der Waals surface area contributed by atoms with E-state index in [0.29, 0.717) is 23.3 Å². The second kappa shape index (κ2) is 6.77. The molecule has 0 saturated heterocycles. The van der Waals surface area contributed by atoms with E-state index in [4.69, 9.17) is 4.74 Å². The van der Waals surface area contributed by atoms with E-state index < -0.39 is 23.4 Å². The average molecular weight is 380 g/mol. The topological polar surface area (TPSA) is 67.4 Å². The molecule has 1 aliphatic heterocycles. The van der Waals surface area contributed by atoms with Crippen LogP contribution < -0.4 is 15.4 Å². The molecule has 3 aromatic rings. The van der Waals surface area contributed by atoms with Crippen LogP contribution in [0.4, 0.5) is 20.2 Å². The first kappa shape index (κ1) is 17.7. The number of anilines is 2. The molecular weight excluding hydrogens is 366 g/mol. The molecule has 0 bridgehead atoms. The maximum atomic E-state index is 13.8. The zero-order chi connectivity index (χ0) is 19.8. The summed E-state index contributed by atoms with van der Waals surface area (Å²) in [7, 11) is 0. The van der Waals surface area contributed by atoms with Gasteiger partial charge in [0.25, 0.3) is 11.8 Å². The van der Waals surface area contributed by atoms with Crippen molar-refractivity contribution < 1.29 is 23.1 Å². The predicted molar refractivity (Wildman–Crippen MR) is 100.0 cm³/mol. The van der Waals surface area contributed by atoms with Crippen molar-refractivity contribution >= 4 is 23.2 Å². The van der Waals surface area contributed by atoms with Crippen molar-refractivity contribution in [1.29, 1.82) is 0 Å². The summed E-state index contributed by atoms with van der Waals surface area (Å²) in [5.74, 6) is -2.08. The second-order valence-electron chi connectivity index (χ2n) is 6.35. The van der Waals surface area contributed by atoms with Crippen molar-refractivity contribution in [2.75, 3.05) is 10.6 Å². The maximum absolute atomic E-state index is 13.8. The lowest BCUT2D eigenvalue weighted by atomic mass is 10.1. The van der Waals surface area contributed by atoms with Gasteiger partial charge in [-0.25, -0.2) is 8.78 Å². The molecule has 7 heteroatoms. The summed E-state index contributed by atoms with van der Waals surface area (Å²) in [6.45, 7) is 1.90. The molecule has 28 heavy (non-hydrogen) atoms. The highest BCUT2D eigenvalue weighted by molar-refractivity contribution is 6.10. The number of halogens is 2. The molecule has 5 nitrogen and oxygen atoms in total. The van der Waals surface area contributed by atoms with Gasteiger partial charge in [-0.1, -0.05) is 6.07 Å². The van der Waals surface area contributed by atoms with E-state index in [1.165, 1.54) is 12.1 Å². The Kier molecular flexibility index (Phi) is 4.27. The number of aryl methyl sites for hydroxylation is 1. The number of rotatable bonds is 2. The molecule has 0 saturated carbocycles. The van der Waals surface area contributed by atoms with E-state index >= 15 is 0 Å². The summed E-state index contributed by atoms with van der Waals surface area (Å²) in [5.41, 5.74) is 1.68. The highest BCUT2D eigenvalue weighted by atomic mass is 19.1. The van der Waals surface area contributed by atoms with Crippen LogP contribution in [0, 0.1) is 18.6 Å². The number of fused-ring (bicyclic) bond motifs is 2. The molecule has 2 N–H and O–H groups in total. The molecule has 140 valence electrons. The van der Waals surface area contributed by atoms with Crippen molar-refractivity contribution in [3.63, 3.8) is 0 Å². The summed E-state index contributed by atoms with van der Waals surface area (Å²) in [4.78, 5) is 24.8. The third-order valence-corrected chi connectivity index (χ3v) is 4.26. The minimum atomic E-state index is -0.973. The molecule has 0 aliphatic carbocycles. The highest BCUT2D eigenvalue weighted by Crippen LogP contribution is 2.37. The minimum Gasteiger partial charge on any atom is -0.454 e. The Hall–Kier alpha value is -3.74. The second-order valence-corrected chi connectivity index (χ2v) is 6.35. The van der Waals surface area contributed by atoms with E-state index in [0.717, 1.165) is 17.7 Å². The van der Waals surface area contributed by atoms with E-state index in [1.54, 1.807) is 18.2 Å². The van der Waals surface area contributed by atoms with Gasteiger partial charge in [0.15, 0.2) is 5.75 Å². The van der Waals surface area contributed by atoms with Crippen molar-refractivity contribution in [2.24, 2.45) is 0 Å². The zero-order valence-corrected chi connectivity index (χ0v) is 14.7. The number of hydrogen-bond acceptors (Lipinski definition) is 3. The maximum Gasteiger partial charge on any atom is 0.259 e. The number of benzene rings is 3. The Morgan fingerprint density at radius 3 is 2.57 bits per heavy atom. The monoisotopic (exact) mass is 380 g/mol. The fraction of sp³-hybridized carbons (Fsp3) is 0.0476. The number of carbonyl (C=O) groups is 2. The van der Waals surface area contributed by atoms with Gasteiger partial charge < -0.3 is 15.4 Å². The van der Waals surface area contributed by atoms with Gasteiger partial charge >= 0.3 is 0 Å². The van der Waals surface area contributed by atoms with Gasteiger partial charge in [-0.3, -0.25) is 9.59 Å². The summed E-state index contributed by atoms with van der Waals surface area (Å²) >= 11 is 0. The van der Waals surface area contributed by atoms with E-state index in [-0.39, 0.29) is 16.8 Å². The first-order valence-corrected chi connectivity index (χ1v) is 8.41. The lowest BCUT2D eigenvalue weighted by Gasteiger charge is -2.10. The summed E-state index contributed by atoms with van der Waals surface area (Å²) in [5, 5.41) is 5.27. The third-order valence-electron chi connectivity index (χ3n) is 4.26. The Balaban J connectivity index is 1.63. The Morgan fingerprint density at radius 2 is 1.79 bits per heavy atom. The standard InChI is InChI=1S/C21H14F2N2O3/c1-11-2-6-19-17(8-11)25-21(27)15-10-13(4-7-18(15)28-19)24-20(26)14-5-3-12(22)9-16(14)23/h2-10H,1H3,(H,24,26)(H,25,27). The molecule has 0 atom stereocenters. The normalized spacial score (nSPS) is 12.2. The zero-order valence-electron chi connectivity index (χ0n) is 14.7. The SMILES string of the molecule is Cc1ccc2c(c1)NC(=O)c1cc(NC(=O)c3ccc(F)cc3F)ccc1O2. The average Bonchev–Trinajstić information content (AvgIpc) is 2.77. The lowest BCUT2D eigenvalue weighted by molar-refractivity contribution is 0.101. The Morgan fingerprint density at radius 1 is 1.00 bits per heavy atom. The van der Waals surface area contributed by atoms with Crippen LogP contribution in [0.15, 0.2) is 54.6 Å². The van der Waals surface area contributed by atoms with Gasteiger partial charge in [-0.15, -0.1) is 0 Å². The van der Waals surface area contributed by atoms with Crippen molar-refractivity contribution in [3.05, 3.63) is 82.9 Å². The largest absolute Gasteiger partial charge is 0.454 e. The van der Waals surface area contributed by atoms with Crippen LogP contribution in [-0.2, 0) is 0 Å². The smallest absolute Gasteiger partial charge is 0.259 e. The number of ether oxygens (including phenoxy) is 1. The van der Waals surface area contributed by atoms with Crippen LogP contribution in [0.5, 0.6) is 11.5 Å². The fourth-order valence-electron chi connectivity index (χ4n) is 2.88. The van der Waals surface area contributed by atoms with Crippen molar-refractivity contribution in [1.82, 2.24) is 0 Å². The number of amides is 2. The molecule has 3 aromatic carbocycles. The molecule has 1 heterocycles. The van der Waals surface area contributed by atoms with Crippen molar-refractivity contribution in [2.45, 2.75) is 6.92 Å². The molecule has 1 aliphatic rings. The van der Waals surface area contributed by atoms with E-state index in [2.05, 4.69) is 10.6 Å². The molecule has 0 spiro atoms. The lowest BCUT2D eigenvalue weighted by Crippen LogP contribution is -2.15. The third kappa shape index (κ3) is 3.29. The van der Waals surface area contributed by atoms with Gasteiger partial charge in [0.1, 0.15) is 17.4 Å². The molecule has 0 fully saturated rings. The van der Waals surface area contributed by atoms with Crippen LogP contribution in [-0.4, -0.2) is 11.8 Å². The quantitative estimate of drug-likeness (QED) is 0.666. The van der Waals surface area contributed by atoms with Crippen LogP contribution >= 0.6 is 0 Å². The molecule has 4 rings (SSSR count). The minimum absolute atomic E-state index is 0.214. The molecule has 0 unspecified atom stereocenters. The summed E-state index contributed by atoms with van der Waals surface area (Å²) in [6, 6.07) is 12.6. The number of carbonyl (C=O) groups excluding carboxylic acids is 2. The van der Waals surface area contributed by atoms with Gasteiger partial charge in [-0.05, 0) is 55.0 Å². The Bertz CT molecular complexity index is 1130. The van der Waals surface area contributed by atoms with Gasteiger partial charge in [0, 0.05) is 11.8 Å². The van der Waals surface area contributed by atoms with Crippen LogP contribution in [0.25, 0.3) is 0 Å². The van der Waals surface area contributed by atoms with Crippen LogP contribution in [0.3, 0.4) is 0 Å². The predicted octanol–water partition coefficient (Wildman–Crippen LogP) is 4.88. The summed E-state index contributed by atoms with van der Waals surface area (Å²) in [6.07, 6.45) is 0. The Labute approximate surface area is 159 Å². The van der Waals surface area contributed by atoms with Gasteiger partial charge in [0.05, 0.1) is 16.8 Å². The molecule has 2 amide bonds. The first-order chi connectivity index (χ1) is 13.4. The van der Waals surface area contributed by atoms with Gasteiger partial charge in [-0.2, -0.15) is 0 Å². The molecule has 0 radical (unpaired) electrons. The highest BCUT2D eigenvalue weighted by Gasteiger charge is 2.22. The molecule has 0 aromatic heterocycles. The number of nitrogens with one attached hydrogen (secondary N) is 2. The fourth-order valence-corrected chi connectivity index (χ4v) is 2.88. The molecular formula is C21H14F2N2O3. The van der Waals surface area contributed by atoms with E-state index in [9.17, 15) is 18.4 Å². The van der Waals surface area contributed by atoms with Gasteiger partial charge in [0.2, 0.25) is 0 Å². The van der Waals surface area contributed by atoms with E-state index in [1.807, 2.05) is 13.0 Å².